The number of ether oxygens (including phenoxy) is 5. The molecule has 4 aromatic rings. The first kappa shape index (κ1) is 29.6. The maximum absolute atomic E-state index is 13.3. The predicted molar refractivity (Wildman–Crippen MR) is 163 cm³/mol. The minimum absolute atomic E-state index is 0. The number of carbonyl (C=O) groups excluding carboxylic acids is 1. The smallest absolute Gasteiger partial charge is 0.255 e. The second-order valence-electron chi connectivity index (χ2n) is 9.41. The van der Waals surface area contributed by atoms with Gasteiger partial charge in [0.2, 0.25) is 5.75 Å². The van der Waals surface area contributed by atoms with Crippen LogP contribution in [0.5, 0.6) is 28.7 Å². The van der Waals surface area contributed by atoms with Crippen molar-refractivity contribution in [2.45, 2.75) is 25.7 Å². The summed E-state index contributed by atoms with van der Waals surface area (Å²) in [6.45, 7) is 0. The van der Waals surface area contributed by atoms with Crippen LogP contribution < -0.4 is 34.3 Å². The van der Waals surface area contributed by atoms with Crippen LogP contribution in [0.3, 0.4) is 0 Å². The second-order valence-corrected chi connectivity index (χ2v) is 9.41. The van der Waals surface area contributed by atoms with Crippen molar-refractivity contribution in [3.8, 4) is 28.7 Å². The molecule has 1 aliphatic carbocycles. The molecule has 216 valence electrons. The van der Waals surface area contributed by atoms with Crippen LogP contribution in [-0.4, -0.2) is 46.4 Å². The number of hydrogen-bond donors (Lipinski definition) is 2. The molecule has 0 bridgehead atoms. The van der Waals surface area contributed by atoms with E-state index in [1.54, 1.807) is 26.4 Å². The fourth-order valence-electron chi connectivity index (χ4n) is 5.12. The maximum atomic E-state index is 13.3. The van der Waals surface area contributed by atoms with Crippen molar-refractivity contribution in [3.05, 3.63) is 65.4 Å². The summed E-state index contributed by atoms with van der Waals surface area (Å²) >= 11 is 0. The van der Waals surface area contributed by atoms with Crippen molar-refractivity contribution in [1.29, 1.82) is 0 Å². The molecule has 9 nitrogen and oxygen atoms in total. The molecule has 0 atom stereocenters. The Hall–Kier alpha value is -4.37. The van der Waals surface area contributed by atoms with Crippen LogP contribution in [0, 0.1) is 0 Å². The number of methoxy groups -OCH3 is 5. The monoisotopic (exact) mass is 579 g/mol. The number of aryl methyl sites for hydroxylation is 1. The fourth-order valence-corrected chi connectivity index (χ4v) is 5.12. The predicted octanol–water partition coefficient (Wildman–Crippen LogP) is 6.57. The summed E-state index contributed by atoms with van der Waals surface area (Å²) in [5.74, 6) is 2.22. The lowest BCUT2D eigenvalue weighted by molar-refractivity contribution is 0.102. The van der Waals surface area contributed by atoms with Crippen molar-refractivity contribution in [2.24, 2.45) is 0 Å². The van der Waals surface area contributed by atoms with E-state index in [1.165, 1.54) is 26.9 Å². The number of carbonyl (C=O) groups is 1. The SMILES string of the molecule is COc1ccc(Nc2c3c(nc4ccc(NC(=O)c5cc(OC)c(OC)c(OC)c5)cc24)CCCC3)cc1OC.Cl. The van der Waals surface area contributed by atoms with Gasteiger partial charge in [-0.3, -0.25) is 9.78 Å². The van der Waals surface area contributed by atoms with Gasteiger partial charge in [0.05, 0.1) is 46.8 Å². The summed E-state index contributed by atoms with van der Waals surface area (Å²) in [5.41, 5.74) is 6.02. The first-order chi connectivity index (χ1) is 19.5. The van der Waals surface area contributed by atoms with Gasteiger partial charge in [-0.2, -0.15) is 0 Å². The van der Waals surface area contributed by atoms with Crippen LogP contribution >= 0.6 is 12.4 Å². The van der Waals surface area contributed by atoms with E-state index in [4.69, 9.17) is 28.7 Å². The number of rotatable bonds is 9. The van der Waals surface area contributed by atoms with Gasteiger partial charge in [0.25, 0.3) is 5.91 Å². The van der Waals surface area contributed by atoms with Crippen LogP contribution in [0.25, 0.3) is 10.9 Å². The third-order valence-corrected chi connectivity index (χ3v) is 7.10. The van der Waals surface area contributed by atoms with Crippen molar-refractivity contribution in [2.75, 3.05) is 46.2 Å². The molecular weight excluding hydrogens is 546 g/mol. The Bertz CT molecular complexity index is 1550. The van der Waals surface area contributed by atoms with Crippen molar-refractivity contribution >= 4 is 46.3 Å². The standard InChI is InChI=1S/C31H33N3O6.ClH/c1-36-25-13-11-20(17-26(25)37-2)32-29-21-8-6-7-9-23(21)34-24-12-10-19(16-22(24)29)33-31(35)18-14-27(38-3)30(40-5)28(15-18)39-4;/h10-17H,6-9H2,1-5H3,(H,32,34)(H,33,35);1H. The van der Waals surface area contributed by atoms with Gasteiger partial charge in [0.1, 0.15) is 0 Å². The van der Waals surface area contributed by atoms with E-state index in [0.717, 1.165) is 53.7 Å². The first-order valence-corrected chi connectivity index (χ1v) is 13.1. The third-order valence-electron chi connectivity index (χ3n) is 7.10. The molecule has 41 heavy (non-hydrogen) atoms. The Kier molecular flexibility index (Phi) is 9.29. The van der Waals surface area contributed by atoms with Crippen molar-refractivity contribution < 1.29 is 28.5 Å². The normalized spacial score (nSPS) is 12.0. The highest BCUT2D eigenvalue weighted by Gasteiger charge is 2.21. The molecule has 2 N–H and O–H groups in total. The van der Waals surface area contributed by atoms with Crippen molar-refractivity contribution in [1.82, 2.24) is 4.98 Å². The topological polar surface area (TPSA) is 100 Å². The molecule has 1 heterocycles. The molecule has 0 radical (unpaired) electrons. The lowest BCUT2D eigenvalue weighted by atomic mass is 9.92. The van der Waals surface area contributed by atoms with E-state index >= 15 is 0 Å². The van der Waals surface area contributed by atoms with E-state index in [0.29, 0.717) is 40.0 Å². The molecule has 1 aliphatic rings. The summed E-state index contributed by atoms with van der Waals surface area (Å²) in [4.78, 5) is 18.3. The number of hydrogen-bond acceptors (Lipinski definition) is 8. The highest BCUT2D eigenvalue weighted by Crippen LogP contribution is 2.40. The number of benzene rings is 3. The molecule has 10 heteroatoms. The van der Waals surface area contributed by atoms with Gasteiger partial charge in [-0.1, -0.05) is 0 Å². The van der Waals surface area contributed by atoms with Crippen LogP contribution in [0.1, 0.15) is 34.5 Å². The van der Waals surface area contributed by atoms with Crippen LogP contribution in [0.2, 0.25) is 0 Å². The summed E-state index contributed by atoms with van der Waals surface area (Å²) in [5, 5.41) is 7.55. The number of aromatic nitrogens is 1. The summed E-state index contributed by atoms with van der Waals surface area (Å²) < 4.78 is 27.1. The molecule has 1 aromatic heterocycles. The first-order valence-electron chi connectivity index (χ1n) is 13.1. The van der Waals surface area contributed by atoms with Crippen molar-refractivity contribution in [3.63, 3.8) is 0 Å². The Morgan fingerprint density at radius 2 is 1.39 bits per heavy atom. The Morgan fingerprint density at radius 1 is 0.732 bits per heavy atom. The zero-order valence-corrected chi connectivity index (χ0v) is 24.6. The minimum atomic E-state index is -0.307. The van der Waals surface area contributed by atoms with Gasteiger partial charge in [0, 0.05) is 34.1 Å². The third kappa shape index (κ3) is 5.90. The lowest BCUT2D eigenvalue weighted by Crippen LogP contribution is -2.13. The average Bonchev–Trinajstić information content (AvgIpc) is 3.00. The number of nitrogens with zero attached hydrogens (tertiary/aromatic N) is 1. The Balaban J connectivity index is 0.00000387. The fraction of sp³-hybridized carbons (Fsp3) is 0.290. The number of halogens is 1. The van der Waals surface area contributed by atoms with Gasteiger partial charge < -0.3 is 34.3 Å². The van der Waals surface area contributed by atoms with E-state index in [9.17, 15) is 4.79 Å². The summed E-state index contributed by atoms with van der Waals surface area (Å²) in [7, 11) is 7.79. The molecule has 0 fully saturated rings. The number of nitrogens with one attached hydrogen (secondary N) is 2. The minimum Gasteiger partial charge on any atom is -0.493 e. The molecule has 0 spiro atoms. The number of fused-ring (bicyclic) bond motifs is 2. The van der Waals surface area contributed by atoms with Gasteiger partial charge in [0.15, 0.2) is 23.0 Å². The summed E-state index contributed by atoms with van der Waals surface area (Å²) in [6, 6.07) is 14.8. The molecule has 0 saturated carbocycles. The highest BCUT2D eigenvalue weighted by molar-refractivity contribution is 6.07. The molecule has 0 saturated heterocycles. The Labute approximate surface area is 245 Å². The quantitative estimate of drug-likeness (QED) is 0.229. The highest BCUT2D eigenvalue weighted by atomic mass is 35.5. The van der Waals surface area contributed by atoms with E-state index < -0.39 is 0 Å². The molecule has 0 aliphatic heterocycles. The summed E-state index contributed by atoms with van der Waals surface area (Å²) in [6.07, 6.45) is 4.07. The van der Waals surface area contributed by atoms with E-state index in [1.807, 2.05) is 36.4 Å². The number of amides is 1. The molecule has 5 rings (SSSR count). The lowest BCUT2D eigenvalue weighted by Gasteiger charge is -2.22. The molecular formula is C31H34ClN3O6. The van der Waals surface area contributed by atoms with Crippen LogP contribution in [-0.2, 0) is 12.8 Å². The zero-order valence-electron chi connectivity index (χ0n) is 23.8. The van der Waals surface area contributed by atoms with Gasteiger partial charge in [-0.15, -0.1) is 12.4 Å². The molecule has 0 unspecified atom stereocenters. The molecule has 1 amide bonds. The van der Waals surface area contributed by atoms with Crippen LogP contribution in [0.4, 0.5) is 17.1 Å². The van der Waals surface area contributed by atoms with E-state index in [-0.39, 0.29) is 18.3 Å². The number of pyridine rings is 1. The zero-order chi connectivity index (χ0) is 28.2. The second kappa shape index (κ2) is 12.9. The van der Waals surface area contributed by atoms with Gasteiger partial charge in [-0.05, 0) is 73.7 Å². The van der Waals surface area contributed by atoms with Gasteiger partial charge >= 0.3 is 0 Å². The maximum Gasteiger partial charge on any atom is 0.255 e. The van der Waals surface area contributed by atoms with Gasteiger partial charge in [-0.25, -0.2) is 0 Å². The van der Waals surface area contributed by atoms with E-state index in [2.05, 4.69) is 10.6 Å². The number of anilines is 3. The van der Waals surface area contributed by atoms with Crippen LogP contribution in [0.15, 0.2) is 48.5 Å². The average molecular weight is 580 g/mol. The Morgan fingerprint density at radius 3 is 2.05 bits per heavy atom. The largest absolute Gasteiger partial charge is 0.493 e. The molecule has 3 aromatic carbocycles.